The van der Waals surface area contributed by atoms with E-state index in [0.717, 1.165) is 29.6 Å². The molecule has 2 amide bonds. The number of likely N-dealkylation sites (tertiary alicyclic amines) is 1. The Labute approximate surface area is 204 Å². The molecular weight excluding hydrogens is 444 g/mol. The average molecular weight is 477 g/mol. The molecule has 1 saturated carbocycles. The van der Waals surface area contributed by atoms with Crippen molar-refractivity contribution in [3.63, 3.8) is 0 Å². The van der Waals surface area contributed by atoms with Gasteiger partial charge in [-0.1, -0.05) is 6.07 Å². The first-order valence-corrected chi connectivity index (χ1v) is 12.3. The van der Waals surface area contributed by atoms with Crippen molar-refractivity contribution in [1.29, 1.82) is 0 Å². The fraction of sp³-hybridized carbons (Fsp3) is 0.500. The fourth-order valence-electron chi connectivity index (χ4n) is 4.51. The maximum Gasteiger partial charge on any atom is 0.410 e. The van der Waals surface area contributed by atoms with E-state index in [1.165, 1.54) is 0 Å². The lowest BCUT2D eigenvalue weighted by molar-refractivity contribution is 0.0199. The third-order valence-corrected chi connectivity index (χ3v) is 6.42. The maximum absolute atomic E-state index is 13.5. The lowest BCUT2D eigenvalue weighted by Crippen LogP contribution is -2.47. The monoisotopic (exact) mass is 476 g/mol. The SMILES string of the molecule is Cc1nn(-c2ccccn2)c2nc(C3CC3)cc(C(=O)NC3CCN(C(=O)OC(C)(C)C)CC3)c12. The smallest absolute Gasteiger partial charge is 0.410 e. The first-order valence-electron chi connectivity index (χ1n) is 12.3. The minimum atomic E-state index is -0.522. The third kappa shape index (κ3) is 4.99. The lowest BCUT2D eigenvalue weighted by Gasteiger charge is -2.33. The van der Waals surface area contributed by atoms with E-state index in [1.54, 1.807) is 15.8 Å². The largest absolute Gasteiger partial charge is 0.444 e. The molecule has 3 aromatic rings. The summed E-state index contributed by atoms with van der Waals surface area (Å²) in [6.45, 7) is 8.59. The molecule has 1 N–H and O–H groups in total. The van der Waals surface area contributed by atoms with Crippen molar-refractivity contribution < 1.29 is 14.3 Å². The van der Waals surface area contributed by atoms with Gasteiger partial charge < -0.3 is 15.0 Å². The molecule has 0 bridgehead atoms. The summed E-state index contributed by atoms with van der Waals surface area (Å²) in [6, 6.07) is 7.57. The predicted molar refractivity (Wildman–Crippen MR) is 132 cm³/mol. The Kier molecular flexibility index (Phi) is 5.94. The minimum Gasteiger partial charge on any atom is -0.444 e. The Hall–Kier alpha value is -3.49. The summed E-state index contributed by atoms with van der Waals surface area (Å²) in [4.78, 5) is 36.9. The summed E-state index contributed by atoms with van der Waals surface area (Å²) in [6.07, 6.45) is 4.95. The predicted octanol–water partition coefficient (Wildman–Crippen LogP) is 4.13. The molecule has 0 spiro atoms. The highest BCUT2D eigenvalue weighted by molar-refractivity contribution is 6.07. The van der Waals surface area contributed by atoms with E-state index in [2.05, 4.69) is 15.4 Å². The number of hydrogen-bond acceptors (Lipinski definition) is 6. The summed E-state index contributed by atoms with van der Waals surface area (Å²) in [5, 5.41) is 8.64. The van der Waals surface area contributed by atoms with Gasteiger partial charge in [-0.2, -0.15) is 9.78 Å². The van der Waals surface area contributed by atoms with Gasteiger partial charge in [-0.3, -0.25) is 4.79 Å². The zero-order valence-corrected chi connectivity index (χ0v) is 20.7. The van der Waals surface area contributed by atoms with E-state index in [9.17, 15) is 9.59 Å². The first kappa shape index (κ1) is 23.3. The number of aromatic nitrogens is 4. The third-order valence-electron chi connectivity index (χ3n) is 6.42. The van der Waals surface area contributed by atoms with Crippen molar-refractivity contribution in [2.45, 2.75) is 70.9 Å². The number of fused-ring (bicyclic) bond motifs is 1. The molecule has 0 atom stereocenters. The summed E-state index contributed by atoms with van der Waals surface area (Å²) >= 11 is 0. The fourth-order valence-corrected chi connectivity index (χ4v) is 4.51. The minimum absolute atomic E-state index is 0.0140. The number of pyridine rings is 2. The molecule has 9 heteroatoms. The van der Waals surface area contributed by atoms with Crippen molar-refractivity contribution in [3.8, 4) is 5.82 Å². The van der Waals surface area contributed by atoms with E-state index >= 15 is 0 Å². The van der Waals surface area contributed by atoms with Gasteiger partial charge in [0, 0.05) is 36.9 Å². The summed E-state index contributed by atoms with van der Waals surface area (Å²) in [5.74, 6) is 0.931. The van der Waals surface area contributed by atoms with Gasteiger partial charge in [0.2, 0.25) is 0 Å². The number of aryl methyl sites for hydroxylation is 1. The van der Waals surface area contributed by atoms with Crippen LogP contribution in [0.5, 0.6) is 0 Å². The van der Waals surface area contributed by atoms with Crippen molar-refractivity contribution >= 4 is 23.0 Å². The van der Waals surface area contributed by atoms with Crippen LogP contribution in [-0.4, -0.2) is 61.4 Å². The molecule has 9 nitrogen and oxygen atoms in total. The number of nitrogens with zero attached hydrogens (tertiary/aromatic N) is 5. The molecular formula is C26H32N6O3. The van der Waals surface area contributed by atoms with Crippen LogP contribution in [0.25, 0.3) is 16.9 Å². The van der Waals surface area contributed by atoms with Crippen LogP contribution >= 0.6 is 0 Å². The Balaban J connectivity index is 1.38. The lowest BCUT2D eigenvalue weighted by atomic mass is 10.0. The number of rotatable bonds is 4. The molecule has 2 fully saturated rings. The Morgan fingerprint density at radius 2 is 1.86 bits per heavy atom. The number of nitrogens with one attached hydrogen (secondary N) is 1. The van der Waals surface area contributed by atoms with Crippen LogP contribution in [0.1, 0.15) is 74.1 Å². The van der Waals surface area contributed by atoms with E-state index in [1.807, 2.05) is 52.0 Å². The second-order valence-electron chi connectivity index (χ2n) is 10.5. The second kappa shape index (κ2) is 8.94. The molecule has 1 aliphatic carbocycles. The molecule has 0 aromatic carbocycles. The highest BCUT2D eigenvalue weighted by Crippen LogP contribution is 2.40. The van der Waals surface area contributed by atoms with Gasteiger partial charge in [0.25, 0.3) is 5.91 Å². The zero-order valence-electron chi connectivity index (χ0n) is 20.7. The number of hydrogen-bond donors (Lipinski definition) is 1. The highest BCUT2D eigenvalue weighted by atomic mass is 16.6. The molecule has 0 radical (unpaired) electrons. The average Bonchev–Trinajstić information content (AvgIpc) is 3.62. The quantitative estimate of drug-likeness (QED) is 0.607. The normalized spacial score (nSPS) is 17.0. The molecule has 35 heavy (non-hydrogen) atoms. The highest BCUT2D eigenvalue weighted by Gasteiger charge is 2.31. The van der Waals surface area contributed by atoms with Crippen molar-refractivity contribution in [3.05, 3.63) is 47.4 Å². The zero-order chi connectivity index (χ0) is 24.7. The first-order chi connectivity index (χ1) is 16.7. The molecule has 3 aromatic heterocycles. The molecule has 2 aliphatic rings. The van der Waals surface area contributed by atoms with E-state index in [0.29, 0.717) is 48.9 Å². The van der Waals surface area contributed by atoms with Gasteiger partial charge in [0.1, 0.15) is 5.60 Å². The number of piperidine rings is 1. The maximum atomic E-state index is 13.5. The standard InChI is InChI=1S/C26H32N6O3/c1-16-22-19(24(33)28-18-10-13-31(14-11-18)25(34)35-26(2,3)4)15-20(17-8-9-17)29-23(22)32(30-16)21-7-5-6-12-27-21/h5-7,12,15,17-18H,8-11,13-14H2,1-4H3,(H,28,33). The van der Waals surface area contributed by atoms with Crippen LogP contribution < -0.4 is 5.32 Å². The van der Waals surface area contributed by atoms with Crippen LogP contribution in [0.15, 0.2) is 30.5 Å². The van der Waals surface area contributed by atoms with Crippen molar-refractivity contribution in [2.24, 2.45) is 0 Å². The molecule has 0 unspecified atom stereocenters. The van der Waals surface area contributed by atoms with Gasteiger partial charge in [-0.15, -0.1) is 0 Å². The van der Waals surface area contributed by atoms with E-state index in [4.69, 9.17) is 9.72 Å². The Morgan fingerprint density at radius 3 is 2.49 bits per heavy atom. The number of ether oxygens (including phenoxy) is 1. The molecule has 1 aliphatic heterocycles. The molecule has 1 saturated heterocycles. The van der Waals surface area contributed by atoms with Gasteiger partial charge in [0.15, 0.2) is 11.5 Å². The van der Waals surface area contributed by atoms with Crippen LogP contribution in [0.2, 0.25) is 0 Å². The van der Waals surface area contributed by atoms with Crippen LogP contribution in [-0.2, 0) is 4.74 Å². The molecule has 184 valence electrons. The summed E-state index contributed by atoms with van der Waals surface area (Å²) in [7, 11) is 0. The number of amides is 2. The van der Waals surface area contributed by atoms with Crippen LogP contribution in [0, 0.1) is 6.92 Å². The molecule has 4 heterocycles. The van der Waals surface area contributed by atoms with E-state index < -0.39 is 5.60 Å². The second-order valence-corrected chi connectivity index (χ2v) is 10.5. The Morgan fingerprint density at radius 1 is 1.11 bits per heavy atom. The van der Waals surface area contributed by atoms with Gasteiger partial charge in [0.05, 0.1) is 16.6 Å². The number of carbonyl (C=O) groups is 2. The van der Waals surface area contributed by atoms with Crippen molar-refractivity contribution in [2.75, 3.05) is 13.1 Å². The van der Waals surface area contributed by atoms with Crippen LogP contribution in [0.4, 0.5) is 4.79 Å². The van der Waals surface area contributed by atoms with Gasteiger partial charge in [-0.05, 0) is 71.6 Å². The van der Waals surface area contributed by atoms with Crippen molar-refractivity contribution in [1.82, 2.24) is 30.0 Å². The summed E-state index contributed by atoms with van der Waals surface area (Å²) in [5.41, 5.74) is 2.41. The Bertz CT molecular complexity index is 1250. The summed E-state index contributed by atoms with van der Waals surface area (Å²) < 4.78 is 7.21. The van der Waals surface area contributed by atoms with Gasteiger partial charge in [-0.25, -0.2) is 14.8 Å². The van der Waals surface area contributed by atoms with Crippen LogP contribution in [0.3, 0.4) is 0 Å². The van der Waals surface area contributed by atoms with E-state index in [-0.39, 0.29) is 18.0 Å². The topological polar surface area (TPSA) is 102 Å². The number of carbonyl (C=O) groups excluding carboxylic acids is 2. The molecule has 5 rings (SSSR count). The van der Waals surface area contributed by atoms with Gasteiger partial charge >= 0.3 is 6.09 Å².